The van der Waals surface area contributed by atoms with Gasteiger partial charge in [-0.25, -0.2) is 0 Å². The summed E-state index contributed by atoms with van der Waals surface area (Å²) in [6.45, 7) is 0. The summed E-state index contributed by atoms with van der Waals surface area (Å²) in [4.78, 5) is 0. The van der Waals surface area contributed by atoms with Crippen LogP contribution in [0, 0.1) is 0 Å². The van der Waals surface area contributed by atoms with Crippen LogP contribution < -0.4 is 0 Å². The minimum absolute atomic E-state index is 0. The molecule has 0 saturated carbocycles. The number of rotatable bonds is 0. The molecule has 0 aliphatic carbocycles. The van der Waals surface area contributed by atoms with E-state index in [0.717, 1.165) is 0 Å². The van der Waals surface area contributed by atoms with Gasteiger partial charge in [0.1, 0.15) is 0 Å². The molecule has 0 N–H and O–H groups in total. The van der Waals surface area contributed by atoms with Gasteiger partial charge in [0, 0.05) is 53.9 Å². The van der Waals surface area contributed by atoms with Gasteiger partial charge in [0.2, 0.25) is 0 Å². The Morgan fingerprint density at radius 1 is 0.833 bits per heavy atom. The molecule has 0 amide bonds. The van der Waals surface area contributed by atoms with Crippen molar-refractivity contribution >= 4 is 0 Å². The molecule has 0 bridgehead atoms. The van der Waals surface area contributed by atoms with E-state index in [9.17, 15) is 0 Å². The molecule has 0 atom stereocenters. The molecule has 0 aliphatic heterocycles. The molecule has 0 fully saturated rings. The topological polar surface area (TPSA) is 57.0 Å². The summed E-state index contributed by atoms with van der Waals surface area (Å²) < 4.78 is 0. The molecule has 0 aromatic heterocycles. The van der Waals surface area contributed by atoms with Crippen LogP contribution >= 0.6 is 0 Å². The minimum atomic E-state index is 0. The second-order valence-electron chi connectivity index (χ2n) is 0. The molecule has 0 spiro atoms. The van der Waals surface area contributed by atoms with Gasteiger partial charge in [0.25, 0.3) is 0 Å². The van der Waals surface area contributed by atoms with Crippen LogP contribution in [0.15, 0.2) is 0 Å². The molecular formula is CrFeO2TiZn. The summed E-state index contributed by atoms with van der Waals surface area (Å²) in [7, 11) is 0. The number of hydrogen-bond donors (Lipinski definition) is 0. The maximum absolute atomic E-state index is 0. The molecular weight excluding hydrogens is 253 g/mol. The van der Waals surface area contributed by atoms with Crippen LogP contribution in [0.5, 0.6) is 0 Å². The van der Waals surface area contributed by atoms with Crippen LogP contribution in [-0.4, -0.2) is 0 Å². The van der Waals surface area contributed by atoms with Crippen molar-refractivity contribution < 1.29 is 86.6 Å². The molecule has 2 nitrogen and oxygen atoms in total. The standard InChI is InChI=1S/Cr.Fe.2O.Ti.Zn/q;;2*-2;+4;. The second kappa shape index (κ2) is 54.6. The predicted octanol–water partition coefficient (Wildman–Crippen LogP) is -0.248. The quantitative estimate of drug-likeness (QED) is 0.535. The van der Waals surface area contributed by atoms with Crippen LogP contribution in [0.25, 0.3) is 0 Å². The van der Waals surface area contributed by atoms with Gasteiger partial charge in [0.05, 0.1) is 0 Å². The first-order valence-corrected chi connectivity index (χ1v) is 0. The van der Waals surface area contributed by atoms with Gasteiger partial charge in [-0.2, -0.15) is 0 Å². The first kappa shape index (κ1) is 83.2. The Bertz CT molecular complexity index is 13.5. The predicted molar refractivity (Wildman–Crippen MR) is 1.37 cm³/mol. The maximum Gasteiger partial charge on any atom is 4.00 e. The van der Waals surface area contributed by atoms with Gasteiger partial charge < -0.3 is 11.0 Å². The molecule has 32 valence electrons. The van der Waals surface area contributed by atoms with Crippen LogP contribution in [0.4, 0.5) is 0 Å². The Kier molecular flexibility index (Phi) is 757. The van der Waals surface area contributed by atoms with Crippen LogP contribution in [0.2, 0.25) is 0 Å². The molecule has 0 aliphatic rings. The number of hydrogen-bond acceptors (Lipinski definition) is 0. The fourth-order valence-electron chi connectivity index (χ4n) is 0. The zero-order valence-corrected chi connectivity index (χ0v) is 9.69. The minimum Gasteiger partial charge on any atom is -2.00 e. The second-order valence-corrected chi connectivity index (χ2v) is 0. The van der Waals surface area contributed by atoms with E-state index in [4.69, 9.17) is 0 Å². The summed E-state index contributed by atoms with van der Waals surface area (Å²) in [5.74, 6) is 0. The molecule has 0 aromatic carbocycles. The van der Waals surface area contributed by atoms with Crippen molar-refractivity contribution in [3.8, 4) is 0 Å². The molecule has 0 radical (unpaired) electrons. The van der Waals surface area contributed by atoms with E-state index in [2.05, 4.69) is 0 Å². The fraction of sp³-hybridized carbons (Fsp3) is 0. The summed E-state index contributed by atoms with van der Waals surface area (Å²) in [5.41, 5.74) is 0. The monoisotopic (exact) mass is 252 g/mol. The van der Waals surface area contributed by atoms with Crippen molar-refractivity contribution in [2.45, 2.75) is 0 Å². The van der Waals surface area contributed by atoms with E-state index in [1.54, 1.807) is 0 Å². The van der Waals surface area contributed by atoms with E-state index in [0.29, 0.717) is 0 Å². The van der Waals surface area contributed by atoms with Crippen molar-refractivity contribution in [1.82, 2.24) is 0 Å². The molecule has 0 heterocycles. The SMILES string of the molecule is [Cr].[Fe].[O-2].[O-2].[Ti+4].[Zn]. The van der Waals surface area contributed by atoms with Gasteiger partial charge >= 0.3 is 21.7 Å². The van der Waals surface area contributed by atoms with Gasteiger partial charge in [-0.3, -0.25) is 0 Å². The van der Waals surface area contributed by atoms with Gasteiger partial charge in [-0.05, 0) is 0 Å². The van der Waals surface area contributed by atoms with Gasteiger partial charge in [-0.1, -0.05) is 0 Å². The van der Waals surface area contributed by atoms with Crippen molar-refractivity contribution in [1.29, 1.82) is 0 Å². The Balaban J connectivity index is 0. The largest absolute Gasteiger partial charge is 4.00 e. The van der Waals surface area contributed by atoms with Gasteiger partial charge in [-0.15, -0.1) is 0 Å². The van der Waals surface area contributed by atoms with E-state index in [1.807, 2.05) is 0 Å². The Hall–Kier alpha value is 2.31. The summed E-state index contributed by atoms with van der Waals surface area (Å²) >= 11 is 0. The van der Waals surface area contributed by atoms with E-state index in [-0.39, 0.29) is 86.6 Å². The summed E-state index contributed by atoms with van der Waals surface area (Å²) in [5, 5.41) is 0. The Morgan fingerprint density at radius 3 is 0.833 bits per heavy atom. The molecule has 6 heteroatoms. The Labute approximate surface area is 85.7 Å². The molecule has 0 aromatic rings. The van der Waals surface area contributed by atoms with E-state index < -0.39 is 0 Å². The smallest absolute Gasteiger partial charge is 2.00 e. The normalized spacial score (nSPS) is 0. The first-order chi connectivity index (χ1) is 0. The third kappa shape index (κ3) is 33.3. The molecule has 0 unspecified atom stereocenters. The van der Waals surface area contributed by atoms with Crippen LogP contribution in [0.1, 0.15) is 0 Å². The Morgan fingerprint density at radius 2 is 0.833 bits per heavy atom. The maximum atomic E-state index is 0. The van der Waals surface area contributed by atoms with Crippen molar-refractivity contribution in [2.75, 3.05) is 0 Å². The zero-order valence-electron chi connectivity index (χ0n) is 2.79. The van der Waals surface area contributed by atoms with Crippen LogP contribution in [0.3, 0.4) is 0 Å². The molecule has 0 saturated heterocycles. The third-order valence-corrected chi connectivity index (χ3v) is 0. The average molecular weight is 253 g/mol. The van der Waals surface area contributed by atoms with Crippen molar-refractivity contribution in [3.05, 3.63) is 0 Å². The summed E-state index contributed by atoms with van der Waals surface area (Å²) in [6, 6.07) is 0. The first-order valence-electron chi connectivity index (χ1n) is 0. The van der Waals surface area contributed by atoms with E-state index >= 15 is 0 Å². The van der Waals surface area contributed by atoms with Crippen molar-refractivity contribution in [3.63, 3.8) is 0 Å². The molecule has 0 rings (SSSR count). The van der Waals surface area contributed by atoms with Crippen LogP contribution in [-0.2, 0) is 86.6 Å². The van der Waals surface area contributed by atoms with Crippen molar-refractivity contribution in [2.24, 2.45) is 0 Å². The third-order valence-electron chi connectivity index (χ3n) is 0. The summed E-state index contributed by atoms with van der Waals surface area (Å²) in [6.07, 6.45) is 0. The molecule has 6 heavy (non-hydrogen) atoms. The van der Waals surface area contributed by atoms with E-state index in [1.165, 1.54) is 0 Å². The van der Waals surface area contributed by atoms with Gasteiger partial charge in [0.15, 0.2) is 0 Å². The zero-order chi connectivity index (χ0) is 0. The average Bonchev–Trinajstić information content (AvgIpc) is 0. The fourth-order valence-corrected chi connectivity index (χ4v) is 0.